The van der Waals surface area contributed by atoms with Crippen LogP contribution in [0.3, 0.4) is 0 Å². The molecule has 0 spiro atoms. The van der Waals surface area contributed by atoms with Crippen molar-refractivity contribution < 1.29 is 14.6 Å². The number of carboxylic acids is 1. The fraction of sp³-hybridized carbons (Fsp3) is 0.533. The van der Waals surface area contributed by atoms with E-state index < -0.39 is 5.97 Å². The van der Waals surface area contributed by atoms with Gasteiger partial charge in [-0.2, -0.15) is 0 Å². The van der Waals surface area contributed by atoms with E-state index in [2.05, 4.69) is 10.2 Å². The predicted octanol–water partition coefficient (Wildman–Crippen LogP) is 1.83. The van der Waals surface area contributed by atoms with Crippen LogP contribution in [-0.4, -0.2) is 55.4 Å². The largest absolute Gasteiger partial charge is 0.478 e. The van der Waals surface area contributed by atoms with Gasteiger partial charge in [0.1, 0.15) is 0 Å². The van der Waals surface area contributed by atoms with Gasteiger partial charge in [0, 0.05) is 25.3 Å². The van der Waals surface area contributed by atoms with Crippen LogP contribution in [-0.2, 0) is 4.74 Å². The molecule has 2 rings (SSSR count). The average molecular weight is 278 g/mol. The minimum Gasteiger partial charge on any atom is -0.478 e. The van der Waals surface area contributed by atoms with E-state index in [1.165, 1.54) is 0 Å². The van der Waals surface area contributed by atoms with Crippen LogP contribution < -0.4 is 5.32 Å². The summed E-state index contributed by atoms with van der Waals surface area (Å²) in [5.74, 6) is -0.888. The third-order valence-corrected chi connectivity index (χ3v) is 3.48. The van der Waals surface area contributed by atoms with E-state index >= 15 is 0 Å². The zero-order chi connectivity index (χ0) is 14.4. The summed E-state index contributed by atoms with van der Waals surface area (Å²) < 4.78 is 5.31. The number of aromatic carboxylic acids is 1. The van der Waals surface area contributed by atoms with Crippen LogP contribution in [0.2, 0.25) is 0 Å². The number of hydrogen-bond acceptors (Lipinski definition) is 4. The number of rotatable bonds is 6. The van der Waals surface area contributed by atoms with Crippen LogP contribution in [0.15, 0.2) is 18.2 Å². The summed E-state index contributed by atoms with van der Waals surface area (Å²) in [4.78, 5) is 13.5. The third-order valence-electron chi connectivity index (χ3n) is 3.48. The molecule has 0 amide bonds. The molecule has 0 unspecified atom stereocenters. The van der Waals surface area contributed by atoms with Crippen LogP contribution in [0, 0.1) is 6.92 Å². The molecule has 1 saturated heterocycles. The fourth-order valence-electron chi connectivity index (χ4n) is 2.34. The van der Waals surface area contributed by atoms with Gasteiger partial charge in [-0.1, -0.05) is 6.07 Å². The monoisotopic (exact) mass is 278 g/mol. The highest BCUT2D eigenvalue weighted by Crippen LogP contribution is 2.17. The summed E-state index contributed by atoms with van der Waals surface area (Å²) in [6.45, 7) is 7.37. The molecule has 1 aliphatic rings. The third kappa shape index (κ3) is 4.21. The van der Waals surface area contributed by atoms with E-state index in [1.54, 1.807) is 6.07 Å². The highest BCUT2D eigenvalue weighted by Gasteiger charge is 2.11. The molecule has 2 N–H and O–H groups in total. The van der Waals surface area contributed by atoms with Crippen molar-refractivity contribution in [3.05, 3.63) is 29.3 Å². The number of hydrogen-bond donors (Lipinski definition) is 2. The molecular weight excluding hydrogens is 256 g/mol. The average Bonchev–Trinajstić information content (AvgIpc) is 2.44. The number of anilines is 1. The number of benzene rings is 1. The van der Waals surface area contributed by atoms with Crippen molar-refractivity contribution in [2.45, 2.75) is 13.3 Å². The molecule has 0 atom stereocenters. The first-order valence-corrected chi connectivity index (χ1v) is 7.05. The lowest BCUT2D eigenvalue weighted by atomic mass is 10.1. The number of ether oxygens (including phenoxy) is 1. The summed E-state index contributed by atoms with van der Waals surface area (Å²) in [6, 6.07) is 5.36. The van der Waals surface area contributed by atoms with Crippen molar-refractivity contribution in [1.82, 2.24) is 4.90 Å². The topological polar surface area (TPSA) is 61.8 Å². The van der Waals surface area contributed by atoms with Crippen molar-refractivity contribution in [3.63, 3.8) is 0 Å². The Labute approximate surface area is 119 Å². The highest BCUT2D eigenvalue weighted by atomic mass is 16.5. The Hall–Kier alpha value is -1.59. The Balaban J connectivity index is 1.81. The van der Waals surface area contributed by atoms with Gasteiger partial charge < -0.3 is 15.2 Å². The number of aryl methyl sites for hydroxylation is 1. The molecule has 1 heterocycles. The summed E-state index contributed by atoms with van der Waals surface area (Å²) in [7, 11) is 0. The lowest BCUT2D eigenvalue weighted by Gasteiger charge is -2.26. The normalized spacial score (nSPS) is 16.1. The van der Waals surface area contributed by atoms with Crippen LogP contribution in [0.4, 0.5) is 5.69 Å². The van der Waals surface area contributed by atoms with Crippen molar-refractivity contribution in [2.75, 3.05) is 44.7 Å². The number of carboxylic acid groups (broad SMARTS) is 1. The van der Waals surface area contributed by atoms with Gasteiger partial charge in [-0.05, 0) is 37.6 Å². The molecule has 1 aromatic carbocycles. The van der Waals surface area contributed by atoms with Crippen LogP contribution in [0.1, 0.15) is 22.3 Å². The minimum absolute atomic E-state index is 0.335. The van der Waals surface area contributed by atoms with Crippen LogP contribution in [0.5, 0.6) is 0 Å². The number of carbonyl (C=O) groups is 1. The number of morpholine rings is 1. The highest BCUT2D eigenvalue weighted by molar-refractivity contribution is 5.94. The van der Waals surface area contributed by atoms with E-state index in [1.807, 2.05) is 19.1 Å². The Morgan fingerprint density at radius 2 is 2.15 bits per heavy atom. The first-order valence-electron chi connectivity index (χ1n) is 7.05. The second-order valence-corrected chi connectivity index (χ2v) is 5.09. The molecule has 0 radical (unpaired) electrons. The van der Waals surface area contributed by atoms with Gasteiger partial charge in [-0.3, -0.25) is 4.90 Å². The summed E-state index contributed by atoms with van der Waals surface area (Å²) in [5, 5.41) is 12.4. The molecule has 1 fully saturated rings. The molecule has 1 aliphatic heterocycles. The van der Waals surface area contributed by atoms with Gasteiger partial charge in [0.15, 0.2) is 0 Å². The van der Waals surface area contributed by atoms with Gasteiger partial charge in [-0.25, -0.2) is 4.79 Å². The van der Waals surface area contributed by atoms with Crippen LogP contribution in [0.25, 0.3) is 0 Å². The molecule has 20 heavy (non-hydrogen) atoms. The van der Waals surface area contributed by atoms with E-state index in [-0.39, 0.29) is 0 Å². The Kier molecular flexibility index (Phi) is 5.38. The second kappa shape index (κ2) is 7.26. The molecule has 1 aromatic rings. The van der Waals surface area contributed by atoms with Gasteiger partial charge in [0.25, 0.3) is 0 Å². The number of nitrogens with zero attached hydrogens (tertiary/aromatic N) is 1. The molecule has 0 bridgehead atoms. The van der Waals surface area contributed by atoms with E-state index in [0.29, 0.717) is 11.3 Å². The predicted molar refractivity (Wildman–Crippen MR) is 78.5 cm³/mol. The molecule has 0 aliphatic carbocycles. The van der Waals surface area contributed by atoms with Gasteiger partial charge in [-0.15, -0.1) is 0 Å². The lowest BCUT2D eigenvalue weighted by molar-refractivity contribution is 0.0378. The van der Waals surface area contributed by atoms with Crippen molar-refractivity contribution >= 4 is 11.7 Å². The quantitative estimate of drug-likeness (QED) is 0.777. The van der Waals surface area contributed by atoms with Crippen molar-refractivity contribution in [2.24, 2.45) is 0 Å². The molecule has 0 aromatic heterocycles. The van der Waals surface area contributed by atoms with E-state index in [4.69, 9.17) is 9.84 Å². The Bertz CT molecular complexity index is 456. The van der Waals surface area contributed by atoms with Crippen molar-refractivity contribution in [1.29, 1.82) is 0 Å². The first-order chi connectivity index (χ1) is 9.66. The van der Waals surface area contributed by atoms with Crippen molar-refractivity contribution in [3.8, 4) is 0 Å². The molecular formula is C15H22N2O3. The molecule has 110 valence electrons. The van der Waals surface area contributed by atoms with E-state index in [9.17, 15) is 4.79 Å². The lowest BCUT2D eigenvalue weighted by Crippen LogP contribution is -2.37. The molecule has 5 heteroatoms. The zero-order valence-electron chi connectivity index (χ0n) is 11.9. The van der Waals surface area contributed by atoms with E-state index in [0.717, 1.165) is 51.4 Å². The first kappa shape index (κ1) is 14.8. The molecule has 0 saturated carbocycles. The maximum Gasteiger partial charge on any atom is 0.337 e. The van der Waals surface area contributed by atoms with Crippen LogP contribution >= 0.6 is 0 Å². The fourth-order valence-corrected chi connectivity index (χ4v) is 2.34. The maximum absolute atomic E-state index is 11.2. The smallest absolute Gasteiger partial charge is 0.337 e. The molecule has 5 nitrogen and oxygen atoms in total. The standard InChI is InChI=1S/C15H22N2O3/c1-12-3-4-13(15(18)19)14(11-12)16-5-2-6-17-7-9-20-10-8-17/h3-4,11,16H,2,5-10H2,1H3,(H,18,19). The summed E-state index contributed by atoms with van der Waals surface area (Å²) >= 11 is 0. The maximum atomic E-state index is 11.2. The minimum atomic E-state index is -0.888. The SMILES string of the molecule is Cc1ccc(C(=O)O)c(NCCCN2CCOCC2)c1. The number of nitrogens with one attached hydrogen (secondary N) is 1. The Morgan fingerprint density at radius 3 is 2.85 bits per heavy atom. The van der Waals surface area contributed by atoms with Gasteiger partial charge in [0.05, 0.1) is 18.8 Å². The summed E-state index contributed by atoms with van der Waals surface area (Å²) in [6.07, 6.45) is 0.993. The Morgan fingerprint density at radius 1 is 1.40 bits per heavy atom. The zero-order valence-corrected chi connectivity index (χ0v) is 11.9. The van der Waals surface area contributed by atoms with Gasteiger partial charge >= 0.3 is 5.97 Å². The summed E-state index contributed by atoms with van der Waals surface area (Å²) in [5.41, 5.74) is 2.10. The second-order valence-electron chi connectivity index (χ2n) is 5.09. The van der Waals surface area contributed by atoms with Gasteiger partial charge in [0.2, 0.25) is 0 Å².